The van der Waals surface area contributed by atoms with Crippen LogP contribution < -0.4 is 0 Å². The van der Waals surface area contributed by atoms with Crippen molar-refractivity contribution in [2.45, 2.75) is 56.9 Å². The molecule has 0 amide bonds. The maximum Gasteiger partial charge on any atom is 0 e. The Kier molecular flexibility index (Phi) is 6.22. The van der Waals surface area contributed by atoms with Gasteiger partial charge in [-0.2, -0.15) is 0 Å². The van der Waals surface area contributed by atoms with Crippen LogP contribution in [-0.2, 0) is 39.8 Å². The van der Waals surface area contributed by atoms with E-state index in [1.807, 2.05) is 0 Å². The molecule has 0 atom stereocenters. The molecule has 1 aliphatic heterocycles. The molecule has 1 fully saturated rings. The Bertz CT molecular complexity index is 190. The van der Waals surface area contributed by atoms with Gasteiger partial charge in [0.25, 0.3) is 0 Å². The van der Waals surface area contributed by atoms with Crippen LogP contribution in [0.25, 0.3) is 0 Å². The summed E-state index contributed by atoms with van der Waals surface area (Å²) in [6.45, 7) is 13.7. The predicted molar refractivity (Wildman–Crippen MR) is 61.1 cm³/mol. The first kappa shape index (κ1) is 17.1. The molecule has 1 saturated heterocycles. The van der Waals surface area contributed by atoms with Crippen LogP contribution in [-0.4, -0.2) is 0 Å². The minimum Gasteiger partial charge on any atom is 0 e. The zero-order chi connectivity index (χ0) is 11.7. The van der Waals surface area contributed by atoms with E-state index in [1.165, 1.54) is 15.4 Å². The zero-order valence-corrected chi connectivity index (χ0v) is 14.4. The Hall–Kier alpha value is 1.09. The smallest absolute Gasteiger partial charge is 0 e. The van der Waals surface area contributed by atoms with Gasteiger partial charge in [0.1, 0.15) is 0 Å². The van der Waals surface area contributed by atoms with E-state index >= 15 is 0 Å². The fraction of sp³-hybridized carbons (Fsp3) is 1.00. The van der Waals surface area contributed by atoms with Gasteiger partial charge < -0.3 is 0 Å². The molecule has 0 aromatic rings. The van der Waals surface area contributed by atoms with Gasteiger partial charge in [-0.25, -0.2) is 0 Å². The summed E-state index contributed by atoms with van der Waals surface area (Å²) >= 11 is -2.74. The molecule has 0 aliphatic carbocycles. The quantitative estimate of drug-likeness (QED) is 0.525. The molecule has 0 unspecified atom stereocenters. The third kappa shape index (κ3) is 4.40. The van der Waals surface area contributed by atoms with Gasteiger partial charge >= 0.3 is 95.9 Å². The first-order valence-corrected chi connectivity index (χ1v) is 10.3. The topological polar surface area (TPSA) is 25.1 Å². The van der Waals surface area contributed by atoms with E-state index in [1.54, 1.807) is 0 Å². The second-order valence-electron chi connectivity index (χ2n) is 6.40. The van der Waals surface area contributed by atoms with Crippen molar-refractivity contribution in [1.82, 2.24) is 0 Å². The van der Waals surface area contributed by atoms with Gasteiger partial charge in [-0.05, 0) is 0 Å². The van der Waals surface area contributed by atoms with Crippen LogP contribution in [0.1, 0.15) is 41.5 Å². The van der Waals surface area contributed by atoms with Gasteiger partial charge in [0, 0.05) is 18.6 Å². The molecule has 4 heteroatoms. The Morgan fingerprint density at radius 2 is 0.938 bits per heavy atom. The van der Waals surface area contributed by atoms with E-state index < -0.39 is 13.6 Å². The number of hydrogen-bond donors (Lipinski definition) is 0. The summed E-state index contributed by atoms with van der Waals surface area (Å²) in [4.78, 5) is 0. The minimum absolute atomic E-state index is 0. The van der Waals surface area contributed by atoms with Crippen LogP contribution in [0.3, 0.4) is 0 Å². The van der Waals surface area contributed by atoms with E-state index in [4.69, 9.17) is 7.63 Å². The van der Waals surface area contributed by atoms with Crippen molar-refractivity contribution in [1.29, 1.82) is 0 Å². The third-order valence-corrected chi connectivity index (χ3v) is 11.2. The summed E-state index contributed by atoms with van der Waals surface area (Å²) in [6.07, 6.45) is 0. The molecule has 0 spiro atoms. The summed E-state index contributed by atoms with van der Waals surface area (Å²) < 4.78 is 11.4. The molecule has 0 N–H and O–H groups in total. The molecule has 1 radical (unpaired) electrons. The molecular weight excluding hydrogens is 278 g/mol. The Morgan fingerprint density at radius 3 is 1.06 bits per heavy atom. The van der Waals surface area contributed by atoms with Crippen LogP contribution in [0.4, 0.5) is 0 Å². The summed E-state index contributed by atoms with van der Waals surface area (Å²) in [6, 6.07) is 0. The second-order valence-corrected chi connectivity index (χ2v) is 13.3. The van der Waals surface area contributed by atoms with Crippen LogP contribution in [0.15, 0.2) is 0 Å². The Morgan fingerprint density at radius 1 is 0.688 bits per heavy atom. The van der Waals surface area contributed by atoms with Gasteiger partial charge in [0.15, 0.2) is 0 Å². The molecule has 1 heterocycles. The maximum absolute atomic E-state index is 5.70. The average Bonchev–Trinajstić information content (AvgIpc) is 2.58. The van der Waals surface area contributed by atoms with Crippen molar-refractivity contribution in [3.8, 4) is 0 Å². The molecule has 0 aromatic carbocycles. The van der Waals surface area contributed by atoms with Crippen molar-refractivity contribution >= 4 is 0 Å². The summed E-state index contributed by atoms with van der Waals surface area (Å²) in [7, 11) is 0. The normalized spacial score (nSPS) is 23.9. The molecule has 97 valence electrons. The predicted octanol–water partition coefficient (Wildman–Crippen LogP) is 4.69. The average molecular weight is 305 g/mol. The number of rotatable bonds is 6. The SMILES string of the molecule is CC(C)[CH2][V]1([CH2]C(C)C)([CH2]C(C)C)[O][O]1.[V]. The molecule has 1 aliphatic rings. The summed E-state index contributed by atoms with van der Waals surface area (Å²) in [5.74, 6) is 2.07. The first-order chi connectivity index (χ1) is 6.77. The monoisotopic (exact) mass is 305 g/mol. The van der Waals surface area contributed by atoms with Gasteiger partial charge in [0.2, 0.25) is 0 Å². The molecular formula is C12H27O2V2. The zero-order valence-electron chi connectivity index (χ0n) is 11.6. The van der Waals surface area contributed by atoms with Crippen molar-refractivity contribution in [3.05, 3.63) is 0 Å². The van der Waals surface area contributed by atoms with Crippen LogP contribution >= 0.6 is 0 Å². The van der Waals surface area contributed by atoms with Gasteiger partial charge in [0.05, 0.1) is 0 Å². The molecule has 1 rings (SSSR count). The van der Waals surface area contributed by atoms with E-state index in [0.717, 1.165) is 0 Å². The van der Waals surface area contributed by atoms with Crippen LogP contribution in [0.5, 0.6) is 0 Å². The summed E-state index contributed by atoms with van der Waals surface area (Å²) in [5.41, 5.74) is 0. The van der Waals surface area contributed by atoms with Crippen LogP contribution in [0.2, 0.25) is 15.4 Å². The minimum atomic E-state index is -2.74. The largest absolute Gasteiger partial charge is 0 e. The van der Waals surface area contributed by atoms with Crippen LogP contribution in [0, 0.1) is 17.8 Å². The van der Waals surface area contributed by atoms with Crippen molar-refractivity contribution in [2.24, 2.45) is 17.8 Å². The second kappa shape index (κ2) is 5.82. The van der Waals surface area contributed by atoms with Gasteiger partial charge in [-0.15, -0.1) is 0 Å². The Labute approximate surface area is 114 Å². The molecule has 0 aromatic heterocycles. The summed E-state index contributed by atoms with van der Waals surface area (Å²) in [5, 5.41) is 3.57. The Balaban J connectivity index is 0.00000225. The molecule has 2 nitrogen and oxygen atoms in total. The molecule has 0 saturated carbocycles. The van der Waals surface area contributed by atoms with E-state index in [-0.39, 0.29) is 18.6 Å². The third-order valence-electron chi connectivity index (χ3n) is 2.71. The standard InChI is InChI=1S/3C4H9.O2.2V/c3*1-4(2)3;1-2;;/h3*4H,1H2,2-3H3;;;/q;;;-2;;+2. The fourth-order valence-electron chi connectivity index (χ4n) is 2.92. The van der Waals surface area contributed by atoms with E-state index in [0.29, 0.717) is 17.8 Å². The van der Waals surface area contributed by atoms with Gasteiger partial charge in [-0.3, -0.25) is 0 Å². The van der Waals surface area contributed by atoms with Crippen molar-refractivity contribution in [2.75, 3.05) is 0 Å². The number of hydrogen-bond acceptors (Lipinski definition) is 2. The fourth-order valence-corrected chi connectivity index (χ4v) is 13.0. The molecule has 16 heavy (non-hydrogen) atoms. The van der Waals surface area contributed by atoms with Crippen molar-refractivity contribution in [3.63, 3.8) is 0 Å². The maximum atomic E-state index is 5.70. The van der Waals surface area contributed by atoms with E-state index in [9.17, 15) is 0 Å². The van der Waals surface area contributed by atoms with E-state index in [2.05, 4.69) is 41.5 Å². The van der Waals surface area contributed by atoms with Crippen molar-refractivity contribution < 1.29 is 39.8 Å². The first-order valence-electron chi connectivity index (χ1n) is 6.17. The molecule has 0 bridgehead atoms. The van der Waals surface area contributed by atoms with Gasteiger partial charge in [-0.1, -0.05) is 0 Å².